The maximum atomic E-state index is 12.5. The van der Waals surface area contributed by atoms with Crippen molar-refractivity contribution in [1.82, 2.24) is 0 Å². The molecule has 0 atom stereocenters. The number of ketones is 1. The van der Waals surface area contributed by atoms with Crippen molar-refractivity contribution in [3.05, 3.63) is 77.7 Å². The van der Waals surface area contributed by atoms with Crippen molar-refractivity contribution in [2.45, 2.75) is 5.75 Å². The predicted molar refractivity (Wildman–Crippen MR) is 124 cm³/mol. The summed E-state index contributed by atoms with van der Waals surface area (Å²) in [4.78, 5) is 37.1. The van der Waals surface area contributed by atoms with Crippen LogP contribution >= 0.6 is 11.8 Å². The first-order valence-electron chi connectivity index (χ1n) is 9.92. The normalized spacial score (nSPS) is 10.4. The lowest BCUT2D eigenvalue weighted by atomic mass is 10.1. The van der Waals surface area contributed by atoms with Crippen molar-refractivity contribution in [1.29, 1.82) is 0 Å². The van der Waals surface area contributed by atoms with E-state index in [0.717, 1.165) is 5.76 Å². The first-order chi connectivity index (χ1) is 16.0. The number of esters is 1. The molecule has 33 heavy (non-hydrogen) atoms. The van der Waals surface area contributed by atoms with Crippen LogP contribution in [0.2, 0.25) is 0 Å². The first kappa shape index (κ1) is 23.9. The van der Waals surface area contributed by atoms with Crippen LogP contribution in [-0.4, -0.2) is 44.2 Å². The van der Waals surface area contributed by atoms with Crippen LogP contribution in [0.25, 0.3) is 0 Å². The van der Waals surface area contributed by atoms with E-state index in [1.54, 1.807) is 42.7 Å². The lowest BCUT2D eigenvalue weighted by Crippen LogP contribution is -2.17. The molecule has 1 heterocycles. The molecular formula is C24H23NO7S. The maximum absolute atomic E-state index is 12.5. The van der Waals surface area contributed by atoms with Crippen molar-refractivity contribution < 1.29 is 33.0 Å². The van der Waals surface area contributed by atoms with Gasteiger partial charge in [0.1, 0.15) is 17.3 Å². The van der Waals surface area contributed by atoms with Gasteiger partial charge < -0.3 is 23.9 Å². The minimum absolute atomic E-state index is 0.174. The third-order valence-electron chi connectivity index (χ3n) is 4.49. The van der Waals surface area contributed by atoms with Gasteiger partial charge in [0.2, 0.25) is 5.91 Å². The molecule has 9 heteroatoms. The van der Waals surface area contributed by atoms with Crippen LogP contribution in [0.15, 0.2) is 65.3 Å². The van der Waals surface area contributed by atoms with Crippen molar-refractivity contribution in [2.24, 2.45) is 0 Å². The van der Waals surface area contributed by atoms with E-state index in [0.29, 0.717) is 28.5 Å². The third-order valence-corrected chi connectivity index (χ3v) is 5.45. The number of Topliss-reactive ketones (excluding diaryl/α,β-unsaturated/α-hetero) is 1. The molecule has 0 aliphatic heterocycles. The summed E-state index contributed by atoms with van der Waals surface area (Å²) in [6.45, 7) is -0.427. The third kappa shape index (κ3) is 6.88. The summed E-state index contributed by atoms with van der Waals surface area (Å²) in [6, 6.07) is 14.7. The summed E-state index contributed by atoms with van der Waals surface area (Å²) in [6.07, 6.45) is 1.58. The summed E-state index contributed by atoms with van der Waals surface area (Å²) in [5, 5.41) is 2.74. The smallest absolute Gasteiger partial charge is 0.338 e. The van der Waals surface area contributed by atoms with Crippen LogP contribution < -0.4 is 14.8 Å². The molecule has 2 aromatic carbocycles. The Morgan fingerprint density at radius 1 is 0.970 bits per heavy atom. The number of furan rings is 1. The van der Waals surface area contributed by atoms with Crippen LogP contribution in [0.3, 0.4) is 0 Å². The number of ether oxygens (including phenoxy) is 3. The van der Waals surface area contributed by atoms with Gasteiger partial charge in [0.25, 0.3) is 0 Å². The van der Waals surface area contributed by atoms with E-state index in [9.17, 15) is 14.4 Å². The standard InChI is InChI=1S/C24H23NO7S/c1-29-18-6-3-5-16(11-18)21(26)13-32-24(28)17-8-9-22(30-2)20(12-17)25-23(27)15-33-14-19-7-4-10-31-19/h3-12H,13-15H2,1-2H3,(H,25,27). The van der Waals surface area contributed by atoms with Crippen LogP contribution in [0.1, 0.15) is 26.5 Å². The number of carbonyl (C=O) groups excluding carboxylic acids is 3. The Morgan fingerprint density at radius 3 is 2.55 bits per heavy atom. The van der Waals surface area contributed by atoms with E-state index in [1.165, 1.54) is 38.1 Å². The molecule has 3 rings (SSSR count). The summed E-state index contributed by atoms with van der Waals surface area (Å²) in [7, 11) is 2.96. The van der Waals surface area contributed by atoms with Gasteiger partial charge in [0, 0.05) is 5.56 Å². The molecule has 0 aliphatic rings. The molecule has 0 fully saturated rings. The second-order valence-electron chi connectivity index (χ2n) is 6.77. The molecule has 1 aromatic heterocycles. The molecule has 1 N–H and O–H groups in total. The SMILES string of the molecule is COc1cccc(C(=O)COC(=O)c2ccc(OC)c(NC(=O)CSCc3ccco3)c2)c1. The average molecular weight is 470 g/mol. The zero-order valence-electron chi connectivity index (χ0n) is 18.2. The number of anilines is 1. The summed E-state index contributed by atoms with van der Waals surface area (Å²) in [5.41, 5.74) is 0.874. The molecule has 8 nitrogen and oxygen atoms in total. The highest BCUT2D eigenvalue weighted by atomic mass is 32.2. The fourth-order valence-corrected chi connectivity index (χ4v) is 3.58. The highest BCUT2D eigenvalue weighted by Gasteiger charge is 2.16. The maximum Gasteiger partial charge on any atom is 0.338 e. The van der Waals surface area contributed by atoms with Crippen LogP contribution in [0.5, 0.6) is 11.5 Å². The Kier molecular flexibility index (Phi) is 8.54. The molecule has 0 saturated heterocycles. The van der Waals surface area contributed by atoms with Gasteiger partial charge in [0.15, 0.2) is 12.4 Å². The fourth-order valence-electron chi connectivity index (χ4n) is 2.85. The zero-order valence-corrected chi connectivity index (χ0v) is 19.0. The minimum atomic E-state index is -0.698. The largest absolute Gasteiger partial charge is 0.497 e. The lowest BCUT2D eigenvalue weighted by Gasteiger charge is -2.12. The highest BCUT2D eigenvalue weighted by Crippen LogP contribution is 2.26. The van der Waals surface area contributed by atoms with Gasteiger partial charge in [-0.2, -0.15) is 0 Å². The van der Waals surface area contributed by atoms with Crippen molar-refractivity contribution >= 4 is 35.1 Å². The molecule has 3 aromatic rings. The molecule has 0 saturated carbocycles. The number of rotatable bonds is 11. The molecule has 1 amide bonds. The number of carbonyl (C=O) groups is 3. The number of benzene rings is 2. The molecule has 0 aliphatic carbocycles. The second kappa shape index (κ2) is 11.8. The predicted octanol–water partition coefficient (Wildman–Crippen LogP) is 4.21. The summed E-state index contributed by atoms with van der Waals surface area (Å²) >= 11 is 1.39. The van der Waals surface area contributed by atoms with Gasteiger partial charge >= 0.3 is 5.97 Å². The number of hydrogen-bond acceptors (Lipinski definition) is 8. The number of methoxy groups -OCH3 is 2. The fraction of sp³-hybridized carbons (Fsp3) is 0.208. The van der Waals surface area contributed by atoms with E-state index in [-0.39, 0.29) is 23.0 Å². The quantitative estimate of drug-likeness (QED) is 0.329. The molecule has 0 radical (unpaired) electrons. The lowest BCUT2D eigenvalue weighted by molar-refractivity contribution is -0.113. The Bertz CT molecular complexity index is 1110. The van der Waals surface area contributed by atoms with Gasteiger partial charge in [-0.25, -0.2) is 4.79 Å². The molecule has 0 spiro atoms. The van der Waals surface area contributed by atoms with Gasteiger partial charge in [-0.1, -0.05) is 12.1 Å². The Morgan fingerprint density at radius 2 is 1.82 bits per heavy atom. The van der Waals surface area contributed by atoms with Crippen molar-refractivity contribution in [3.63, 3.8) is 0 Å². The van der Waals surface area contributed by atoms with Crippen LogP contribution in [0, 0.1) is 0 Å². The van der Waals surface area contributed by atoms with Crippen LogP contribution in [-0.2, 0) is 15.3 Å². The first-order valence-corrected chi connectivity index (χ1v) is 11.1. The molecular weight excluding hydrogens is 446 g/mol. The molecule has 0 bridgehead atoms. The van der Waals surface area contributed by atoms with Gasteiger partial charge in [-0.15, -0.1) is 11.8 Å². The number of nitrogens with one attached hydrogen (secondary N) is 1. The van der Waals surface area contributed by atoms with Crippen molar-refractivity contribution in [2.75, 3.05) is 31.9 Å². The Labute approximate surface area is 195 Å². The highest BCUT2D eigenvalue weighted by molar-refractivity contribution is 7.99. The van der Waals surface area contributed by atoms with Gasteiger partial charge in [-0.3, -0.25) is 9.59 Å². The van der Waals surface area contributed by atoms with E-state index in [4.69, 9.17) is 18.6 Å². The van der Waals surface area contributed by atoms with E-state index < -0.39 is 12.6 Å². The zero-order chi connectivity index (χ0) is 23.6. The second-order valence-corrected chi connectivity index (χ2v) is 7.75. The molecule has 172 valence electrons. The number of amides is 1. The number of hydrogen-bond donors (Lipinski definition) is 1. The monoisotopic (exact) mass is 469 g/mol. The van der Waals surface area contributed by atoms with Crippen LogP contribution in [0.4, 0.5) is 5.69 Å². The van der Waals surface area contributed by atoms with E-state index in [2.05, 4.69) is 5.32 Å². The Balaban J connectivity index is 1.58. The average Bonchev–Trinajstić information content (AvgIpc) is 3.35. The van der Waals surface area contributed by atoms with Gasteiger partial charge in [-0.05, 0) is 42.5 Å². The van der Waals surface area contributed by atoms with E-state index in [1.807, 2.05) is 6.07 Å². The van der Waals surface area contributed by atoms with Crippen molar-refractivity contribution in [3.8, 4) is 11.5 Å². The minimum Gasteiger partial charge on any atom is -0.497 e. The summed E-state index contributed by atoms with van der Waals surface area (Å²) < 4.78 is 20.8. The molecule has 0 unspecified atom stereocenters. The van der Waals surface area contributed by atoms with Gasteiger partial charge in [0.05, 0.1) is 43.2 Å². The number of thioether (sulfide) groups is 1. The summed E-state index contributed by atoms with van der Waals surface area (Å²) in [5.74, 6) is 1.13. The Hall–Kier alpha value is -3.72. The van der Waals surface area contributed by atoms with E-state index >= 15 is 0 Å². The topological polar surface area (TPSA) is 104 Å².